The van der Waals surface area contributed by atoms with Gasteiger partial charge in [0.25, 0.3) is 0 Å². The van der Waals surface area contributed by atoms with Gasteiger partial charge in [-0.05, 0) is 0 Å². The molecule has 0 spiro atoms. The third-order valence-corrected chi connectivity index (χ3v) is 5.63. The smallest absolute Gasteiger partial charge is 1.00 e. The van der Waals surface area contributed by atoms with Crippen LogP contribution in [-0.4, -0.2) is 11.2 Å². The van der Waals surface area contributed by atoms with Gasteiger partial charge in [-0.15, -0.1) is 0 Å². The van der Waals surface area contributed by atoms with Crippen LogP contribution in [0.15, 0.2) is 44.9 Å². The van der Waals surface area contributed by atoms with Crippen molar-refractivity contribution in [1.82, 2.24) is 0 Å². The second-order valence-corrected chi connectivity index (χ2v) is 9.09. The van der Waals surface area contributed by atoms with E-state index in [2.05, 4.69) is 93.2 Å². The van der Waals surface area contributed by atoms with E-state index in [-0.39, 0.29) is 41.4 Å². The van der Waals surface area contributed by atoms with E-state index < -0.39 is 0 Å². The molecule has 24 heavy (non-hydrogen) atoms. The van der Waals surface area contributed by atoms with Gasteiger partial charge in [0.2, 0.25) is 0 Å². The summed E-state index contributed by atoms with van der Waals surface area (Å²) in [6, 6.07) is 0. The van der Waals surface area contributed by atoms with Crippen molar-refractivity contribution < 1.29 is 50.0 Å². The van der Waals surface area contributed by atoms with Crippen LogP contribution in [0.25, 0.3) is 0 Å². The largest absolute Gasteiger partial charge is 1.00 e. The molecule has 0 heterocycles. The van der Waals surface area contributed by atoms with Crippen LogP contribution in [0.4, 0.5) is 0 Å². The molecule has 0 aliphatic heterocycles. The Hall–Kier alpha value is 0.214. The summed E-state index contributed by atoms with van der Waals surface area (Å²) in [5, 5.41) is 0. The van der Waals surface area contributed by atoms with Crippen molar-refractivity contribution in [2.45, 2.75) is 72.5 Å². The van der Waals surface area contributed by atoms with Crippen molar-refractivity contribution in [2.24, 2.45) is 5.41 Å². The molecule has 0 amide bonds. The molecule has 0 fully saturated rings. The molecule has 2 aliphatic carbocycles. The van der Waals surface area contributed by atoms with E-state index in [0.29, 0.717) is 0 Å². The summed E-state index contributed by atoms with van der Waals surface area (Å²) in [6.07, 6.45) is 11.2. The number of hydrogen-bond donors (Lipinski definition) is 0. The molecule has 0 aromatic rings. The molecular weight excluding hydrogens is 375 g/mol. The van der Waals surface area contributed by atoms with Crippen molar-refractivity contribution in [1.29, 1.82) is 0 Å². The van der Waals surface area contributed by atoms with Crippen molar-refractivity contribution >= 4 is 0 Å². The maximum Gasteiger partial charge on any atom is -1.00 e. The molecule has 0 N–H and O–H groups in total. The zero-order valence-electron chi connectivity index (χ0n) is 15.9. The topological polar surface area (TPSA) is 9.23 Å². The normalized spacial score (nSPS) is 24.2. The van der Waals surface area contributed by atoms with Gasteiger partial charge in [-0.3, -0.25) is 0 Å². The number of hydrogen-bond acceptors (Lipinski definition) is 1. The van der Waals surface area contributed by atoms with Gasteiger partial charge in [0.15, 0.2) is 0 Å². The second kappa shape index (κ2) is 8.27. The quantitative estimate of drug-likeness (QED) is 0.584. The third kappa shape index (κ3) is 4.48. The van der Waals surface area contributed by atoms with E-state index in [1.807, 2.05) is 0 Å². The molecule has 1 unspecified atom stereocenters. The fourth-order valence-corrected chi connectivity index (χ4v) is 4.61. The molecule has 0 bridgehead atoms. The molecular formula is C20H29Cl2OTi. The molecule has 0 aromatic heterocycles. The summed E-state index contributed by atoms with van der Waals surface area (Å²) in [6.45, 7) is 15.6. The van der Waals surface area contributed by atoms with Crippen LogP contribution >= 0.6 is 0 Å². The van der Waals surface area contributed by atoms with E-state index in [1.165, 1.54) is 20.6 Å². The first-order valence-corrected chi connectivity index (χ1v) is 8.95. The molecule has 4 heteroatoms. The summed E-state index contributed by atoms with van der Waals surface area (Å²) in [4.78, 5) is 0. The summed E-state index contributed by atoms with van der Waals surface area (Å²) in [7, 11) is 0. The van der Waals surface area contributed by atoms with Gasteiger partial charge in [-0.2, -0.15) is 0 Å². The van der Waals surface area contributed by atoms with Crippen molar-refractivity contribution in [3.63, 3.8) is 0 Å². The zero-order chi connectivity index (χ0) is 16.8. The molecule has 133 valence electrons. The summed E-state index contributed by atoms with van der Waals surface area (Å²) >= 11 is 2.25. The van der Waals surface area contributed by atoms with Crippen LogP contribution in [0.3, 0.4) is 0 Å². The van der Waals surface area contributed by atoms with Gasteiger partial charge in [0, 0.05) is 0 Å². The summed E-state index contributed by atoms with van der Waals surface area (Å²) in [5.74, 6) is 0. The first-order valence-electron chi connectivity index (χ1n) is 8.17. The van der Waals surface area contributed by atoms with Crippen molar-refractivity contribution in [3.05, 3.63) is 44.9 Å². The zero-order valence-corrected chi connectivity index (χ0v) is 19.0. The van der Waals surface area contributed by atoms with Gasteiger partial charge in [-0.25, -0.2) is 0 Å². The van der Waals surface area contributed by atoms with Crippen molar-refractivity contribution in [3.8, 4) is 0 Å². The Labute approximate surface area is 172 Å². The predicted octanol–water partition coefficient (Wildman–Crippen LogP) is -0.368. The van der Waals surface area contributed by atoms with E-state index in [4.69, 9.17) is 4.74 Å². The number of rotatable bonds is 3. The van der Waals surface area contributed by atoms with Crippen LogP contribution in [-0.2, 0) is 25.2 Å². The third-order valence-electron chi connectivity index (χ3n) is 4.89. The summed E-state index contributed by atoms with van der Waals surface area (Å²) < 4.78 is 8.24. The number of allylic oxidation sites excluding steroid dienone is 5. The van der Waals surface area contributed by atoms with Crippen LogP contribution in [0, 0.1) is 5.41 Å². The Morgan fingerprint density at radius 2 is 1.67 bits per heavy atom. The molecule has 1 nitrogen and oxygen atoms in total. The molecule has 1 atom stereocenters. The average Bonchev–Trinajstić information content (AvgIpc) is 2.78. The first kappa shape index (κ1) is 24.2. The molecule has 0 aromatic carbocycles. The maximum absolute atomic E-state index is 6.77. The van der Waals surface area contributed by atoms with E-state index in [1.54, 1.807) is 0 Å². The van der Waals surface area contributed by atoms with Gasteiger partial charge >= 0.3 is 148 Å². The summed E-state index contributed by atoms with van der Waals surface area (Å²) in [5.41, 5.74) is 3.60. The standard InChI is InChI=1S/C20H29O.2ClH.Ti/c1-15-12-13-20(16(2)14-15,21-18(3,4)5)19(6,7)17-10-8-9-11-17;;;/h8,10,12,14H,9,13H2,1-7H3;2*1H;/q;;;+2/p-2. The minimum absolute atomic E-state index is 0. The fraction of sp³-hybridized carbons (Fsp3) is 0.600. The number of halogens is 2. The van der Waals surface area contributed by atoms with Crippen molar-refractivity contribution in [2.75, 3.05) is 0 Å². The Morgan fingerprint density at radius 3 is 2.08 bits per heavy atom. The Balaban J connectivity index is 0.00000264. The fourth-order valence-electron chi connectivity index (χ4n) is 3.81. The first-order chi connectivity index (χ1) is 9.99. The van der Waals surface area contributed by atoms with Crippen LogP contribution in [0.5, 0.6) is 0 Å². The van der Waals surface area contributed by atoms with E-state index in [0.717, 1.165) is 12.8 Å². The van der Waals surface area contributed by atoms with E-state index >= 15 is 0 Å². The molecule has 0 saturated heterocycles. The molecule has 0 radical (unpaired) electrons. The molecule has 2 rings (SSSR count). The predicted molar refractivity (Wildman–Crippen MR) is 90.3 cm³/mol. The Kier molecular flexibility index (Phi) is 8.35. The minimum Gasteiger partial charge on any atom is -1.00 e. The SMILES string of the molecule is CC1=CCC(OC(C)(C)C)(C(C)(C)C2=[C]([Ti+2])CC=C2)C(C)=C1.[Cl-].[Cl-]. The number of ether oxygens (including phenoxy) is 1. The molecule has 0 saturated carbocycles. The van der Waals surface area contributed by atoms with Crippen LogP contribution in [0.1, 0.15) is 61.3 Å². The van der Waals surface area contributed by atoms with Gasteiger partial charge in [0.05, 0.1) is 0 Å². The monoisotopic (exact) mass is 403 g/mol. The van der Waals surface area contributed by atoms with Gasteiger partial charge < -0.3 is 24.8 Å². The maximum atomic E-state index is 6.77. The van der Waals surface area contributed by atoms with E-state index in [9.17, 15) is 0 Å². The van der Waals surface area contributed by atoms with Gasteiger partial charge in [-0.1, -0.05) is 0 Å². The van der Waals surface area contributed by atoms with Gasteiger partial charge in [0.1, 0.15) is 0 Å². The molecule has 2 aliphatic rings. The Bertz CT molecular complexity index is 591. The average molecular weight is 404 g/mol. The van der Waals surface area contributed by atoms with Crippen LogP contribution < -0.4 is 24.8 Å². The second-order valence-electron chi connectivity index (χ2n) is 8.14. The Morgan fingerprint density at radius 1 is 1.08 bits per heavy atom. The minimum atomic E-state index is -0.282. The van der Waals surface area contributed by atoms with Crippen LogP contribution in [0.2, 0.25) is 0 Å².